The maximum atomic E-state index is 12.4. The Bertz CT molecular complexity index is 1030. The zero-order valence-corrected chi connectivity index (χ0v) is 19.5. The van der Waals surface area contributed by atoms with Gasteiger partial charge in [-0.3, -0.25) is 4.79 Å². The van der Waals surface area contributed by atoms with Crippen molar-refractivity contribution in [1.82, 2.24) is 0 Å². The number of rotatable bonds is 6. The maximum Gasteiger partial charge on any atom is 0.248 e. The largest absolute Gasteiger partial charge is 0.493 e. The summed E-state index contributed by atoms with van der Waals surface area (Å²) in [5.74, 6) is 2.68. The molecule has 4 aliphatic carbocycles. The van der Waals surface area contributed by atoms with Crippen molar-refractivity contribution in [2.24, 2.45) is 11.8 Å². The molecule has 2 aromatic rings. The van der Waals surface area contributed by atoms with Crippen molar-refractivity contribution >= 4 is 29.3 Å². The fraction of sp³-hybridized carbons (Fsp3) is 0.444. The minimum absolute atomic E-state index is 0.00586. The molecule has 32 heavy (non-hydrogen) atoms. The number of benzene rings is 2. The Morgan fingerprint density at radius 1 is 1.00 bits per heavy atom. The smallest absolute Gasteiger partial charge is 0.248 e. The molecule has 6 rings (SSSR count). The third kappa shape index (κ3) is 4.01. The summed E-state index contributed by atoms with van der Waals surface area (Å²) in [5.41, 5.74) is 3.28. The van der Waals surface area contributed by atoms with E-state index in [1.54, 1.807) is 20.3 Å². The Morgan fingerprint density at radius 3 is 2.31 bits per heavy atom. The van der Waals surface area contributed by atoms with Gasteiger partial charge in [0, 0.05) is 16.6 Å². The second-order valence-corrected chi connectivity index (χ2v) is 10.7. The number of alkyl halides is 1. The molecular formula is C27H30ClNO3. The predicted octanol–water partition coefficient (Wildman–Crippen LogP) is 6.18. The topological polar surface area (TPSA) is 47.6 Å². The first-order valence-electron chi connectivity index (χ1n) is 11.4. The van der Waals surface area contributed by atoms with Gasteiger partial charge in [0.25, 0.3) is 0 Å². The first-order chi connectivity index (χ1) is 15.4. The Kier molecular flexibility index (Phi) is 5.45. The number of amides is 1. The van der Waals surface area contributed by atoms with E-state index in [2.05, 4.69) is 17.4 Å². The summed E-state index contributed by atoms with van der Waals surface area (Å²) in [7, 11) is 3.20. The monoisotopic (exact) mass is 451 g/mol. The Hall–Kier alpha value is -2.46. The summed E-state index contributed by atoms with van der Waals surface area (Å²) in [6.07, 6.45) is 10.6. The maximum absolute atomic E-state index is 12.4. The molecule has 0 aliphatic heterocycles. The molecule has 0 aromatic heterocycles. The minimum Gasteiger partial charge on any atom is -0.493 e. The third-order valence-corrected chi connectivity index (χ3v) is 8.03. The van der Waals surface area contributed by atoms with E-state index in [1.807, 2.05) is 30.3 Å². The fourth-order valence-electron chi connectivity index (χ4n) is 6.71. The second-order valence-electron chi connectivity index (χ2n) is 9.91. The zero-order valence-electron chi connectivity index (χ0n) is 18.7. The highest BCUT2D eigenvalue weighted by atomic mass is 35.5. The molecule has 4 saturated carbocycles. The summed E-state index contributed by atoms with van der Waals surface area (Å²) >= 11 is 7.01. The number of hydrogen-bond donors (Lipinski definition) is 1. The van der Waals surface area contributed by atoms with Gasteiger partial charge >= 0.3 is 0 Å². The minimum atomic E-state index is -0.165. The fourth-order valence-corrected chi connectivity index (χ4v) is 7.40. The number of anilines is 1. The number of carbonyl (C=O) groups excluding carboxylic acids is 1. The normalized spacial score (nSPS) is 30.5. The predicted molar refractivity (Wildman–Crippen MR) is 129 cm³/mol. The van der Waals surface area contributed by atoms with Crippen LogP contribution in [0.5, 0.6) is 11.5 Å². The van der Waals surface area contributed by atoms with Crippen LogP contribution in [0.25, 0.3) is 6.08 Å². The Labute approximate surface area is 194 Å². The summed E-state index contributed by atoms with van der Waals surface area (Å²) in [6, 6.07) is 14.0. The SMILES string of the molecule is COc1ccc(/C=C/C(=O)Nc2ccc(C34CC5CC(CC(Cl)(C5)C3)C4)cc2)cc1OC. The Morgan fingerprint density at radius 2 is 1.69 bits per heavy atom. The highest BCUT2D eigenvalue weighted by Crippen LogP contribution is 2.64. The van der Waals surface area contributed by atoms with E-state index >= 15 is 0 Å². The van der Waals surface area contributed by atoms with Crippen LogP contribution in [-0.2, 0) is 10.2 Å². The first kappa shape index (κ1) is 21.4. The van der Waals surface area contributed by atoms with Gasteiger partial charge in [-0.05, 0) is 97.2 Å². The molecule has 4 aliphatic rings. The number of halogens is 1. The zero-order chi connectivity index (χ0) is 22.3. The van der Waals surface area contributed by atoms with Gasteiger partial charge in [-0.2, -0.15) is 0 Å². The second kappa shape index (κ2) is 8.15. The van der Waals surface area contributed by atoms with Gasteiger partial charge in [-0.1, -0.05) is 18.2 Å². The van der Waals surface area contributed by atoms with E-state index < -0.39 is 0 Å². The van der Waals surface area contributed by atoms with Crippen molar-refractivity contribution in [3.05, 3.63) is 59.7 Å². The van der Waals surface area contributed by atoms with Gasteiger partial charge in [0.1, 0.15) is 0 Å². The van der Waals surface area contributed by atoms with Crippen LogP contribution in [0.2, 0.25) is 0 Å². The standard InChI is InChI=1S/C27H30ClNO3/c1-31-23-9-3-18(12-24(23)32-2)4-10-25(30)29-22-7-5-21(6-8-22)26-13-19-11-20(14-26)16-27(28,15-19)17-26/h3-10,12,19-20H,11,13-17H2,1-2H3,(H,29,30)/b10-4+. The van der Waals surface area contributed by atoms with Gasteiger partial charge < -0.3 is 14.8 Å². The first-order valence-corrected chi connectivity index (χ1v) is 11.8. The van der Waals surface area contributed by atoms with Gasteiger partial charge in [-0.25, -0.2) is 0 Å². The summed E-state index contributed by atoms with van der Waals surface area (Å²) < 4.78 is 10.6. The molecule has 5 heteroatoms. The molecule has 0 spiro atoms. The number of ether oxygens (including phenoxy) is 2. The quantitative estimate of drug-likeness (QED) is 0.421. The van der Waals surface area contributed by atoms with Crippen LogP contribution in [0.4, 0.5) is 5.69 Å². The van der Waals surface area contributed by atoms with Gasteiger partial charge in [-0.15, -0.1) is 11.6 Å². The molecule has 1 N–H and O–H groups in total. The van der Waals surface area contributed by atoms with E-state index in [4.69, 9.17) is 21.1 Å². The van der Waals surface area contributed by atoms with E-state index in [-0.39, 0.29) is 16.2 Å². The molecule has 4 fully saturated rings. The molecule has 168 valence electrons. The van der Waals surface area contributed by atoms with Gasteiger partial charge in [0.05, 0.1) is 14.2 Å². The highest BCUT2D eigenvalue weighted by molar-refractivity contribution is 6.24. The average Bonchev–Trinajstić information content (AvgIpc) is 2.76. The van der Waals surface area contributed by atoms with Crippen molar-refractivity contribution in [2.75, 3.05) is 19.5 Å². The van der Waals surface area contributed by atoms with Crippen LogP contribution in [-0.4, -0.2) is 25.0 Å². The summed E-state index contributed by atoms with van der Waals surface area (Å²) in [5, 5.41) is 2.96. The van der Waals surface area contributed by atoms with Crippen LogP contribution in [0.15, 0.2) is 48.5 Å². The Balaban J connectivity index is 1.25. The van der Waals surface area contributed by atoms with Crippen LogP contribution in [0.3, 0.4) is 0 Å². The average molecular weight is 452 g/mol. The van der Waals surface area contributed by atoms with Crippen LogP contribution >= 0.6 is 11.6 Å². The van der Waals surface area contributed by atoms with Crippen molar-refractivity contribution in [2.45, 2.75) is 48.8 Å². The molecule has 0 heterocycles. The van der Waals surface area contributed by atoms with Crippen LogP contribution < -0.4 is 14.8 Å². The molecule has 4 bridgehead atoms. The van der Waals surface area contributed by atoms with Crippen molar-refractivity contribution in [3.8, 4) is 11.5 Å². The number of hydrogen-bond acceptors (Lipinski definition) is 3. The number of nitrogens with one attached hydrogen (secondary N) is 1. The third-order valence-electron chi connectivity index (χ3n) is 7.59. The van der Waals surface area contributed by atoms with E-state index in [1.165, 1.54) is 43.7 Å². The van der Waals surface area contributed by atoms with E-state index in [0.29, 0.717) is 11.5 Å². The van der Waals surface area contributed by atoms with Crippen molar-refractivity contribution in [1.29, 1.82) is 0 Å². The van der Waals surface area contributed by atoms with E-state index in [9.17, 15) is 4.79 Å². The molecule has 0 saturated heterocycles. The lowest BCUT2D eigenvalue weighted by Gasteiger charge is -2.60. The molecule has 4 nitrogen and oxygen atoms in total. The molecule has 2 aromatic carbocycles. The number of carbonyl (C=O) groups is 1. The van der Waals surface area contributed by atoms with Crippen molar-refractivity contribution < 1.29 is 14.3 Å². The molecule has 2 unspecified atom stereocenters. The van der Waals surface area contributed by atoms with E-state index in [0.717, 1.165) is 29.5 Å². The lowest BCUT2D eigenvalue weighted by Crippen LogP contribution is -2.55. The van der Waals surface area contributed by atoms with Crippen LogP contribution in [0.1, 0.15) is 49.7 Å². The molecule has 0 radical (unpaired) electrons. The van der Waals surface area contributed by atoms with Gasteiger partial charge in [0.2, 0.25) is 5.91 Å². The number of methoxy groups -OCH3 is 2. The lowest BCUT2D eigenvalue weighted by atomic mass is 9.47. The summed E-state index contributed by atoms with van der Waals surface area (Å²) in [4.78, 5) is 12.4. The summed E-state index contributed by atoms with van der Waals surface area (Å²) in [6.45, 7) is 0. The molecular weight excluding hydrogens is 422 g/mol. The van der Waals surface area contributed by atoms with Gasteiger partial charge in [0.15, 0.2) is 11.5 Å². The highest BCUT2D eigenvalue weighted by Gasteiger charge is 2.57. The molecule has 1 amide bonds. The lowest BCUT2D eigenvalue weighted by molar-refractivity contribution is -0.111. The van der Waals surface area contributed by atoms with Crippen molar-refractivity contribution in [3.63, 3.8) is 0 Å². The molecule has 2 atom stereocenters. The van der Waals surface area contributed by atoms with Crippen LogP contribution in [0, 0.1) is 11.8 Å².